The van der Waals surface area contributed by atoms with E-state index in [9.17, 15) is 9.59 Å². The first-order valence-corrected chi connectivity index (χ1v) is 11.0. The molecule has 4 aromatic rings. The van der Waals surface area contributed by atoms with Crippen LogP contribution in [-0.2, 0) is 9.59 Å². The van der Waals surface area contributed by atoms with Gasteiger partial charge in [0.1, 0.15) is 0 Å². The molecule has 0 radical (unpaired) electrons. The van der Waals surface area contributed by atoms with Crippen LogP contribution in [0, 0.1) is 13.8 Å². The van der Waals surface area contributed by atoms with Crippen LogP contribution in [-0.4, -0.2) is 21.8 Å². The summed E-state index contributed by atoms with van der Waals surface area (Å²) in [5.74, 6) is -0.374. The number of thiazole rings is 1. The monoisotopic (exact) mass is 432 g/mol. The maximum Gasteiger partial charge on any atom is 0.228 e. The molecule has 3 N–H and O–H groups in total. The van der Waals surface area contributed by atoms with Crippen LogP contribution < -0.4 is 10.6 Å². The minimum absolute atomic E-state index is 0.129. The Morgan fingerprint density at radius 1 is 1.10 bits per heavy atom. The lowest BCUT2D eigenvalue weighted by Crippen LogP contribution is -2.29. The third-order valence-corrected chi connectivity index (χ3v) is 5.90. The van der Waals surface area contributed by atoms with E-state index in [0.717, 1.165) is 39.0 Å². The van der Waals surface area contributed by atoms with E-state index < -0.39 is 6.04 Å². The van der Waals surface area contributed by atoms with E-state index in [0.29, 0.717) is 5.13 Å². The van der Waals surface area contributed by atoms with Gasteiger partial charge < -0.3 is 15.6 Å². The summed E-state index contributed by atoms with van der Waals surface area (Å²) in [4.78, 5) is 32.4. The highest BCUT2D eigenvalue weighted by atomic mass is 32.1. The highest BCUT2D eigenvalue weighted by Crippen LogP contribution is 2.34. The molecule has 7 heteroatoms. The Kier molecular flexibility index (Phi) is 5.86. The Hall–Kier alpha value is -3.45. The van der Waals surface area contributed by atoms with Crippen LogP contribution in [0.4, 0.5) is 5.13 Å². The number of hydrogen-bond acceptors (Lipinski definition) is 4. The van der Waals surface area contributed by atoms with Crippen LogP contribution in [0.25, 0.3) is 22.2 Å². The van der Waals surface area contributed by atoms with Gasteiger partial charge in [0.15, 0.2) is 5.13 Å². The first kappa shape index (κ1) is 20.8. The Balaban J connectivity index is 1.51. The second kappa shape index (κ2) is 8.73. The third-order valence-electron chi connectivity index (χ3n) is 5.15. The van der Waals surface area contributed by atoms with Gasteiger partial charge in [0.05, 0.1) is 18.2 Å². The molecule has 6 nitrogen and oxygen atoms in total. The fourth-order valence-electron chi connectivity index (χ4n) is 3.70. The molecule has 1 unspecified atom stereocenters. The standard InChI is InChI=1S/C24H24N4O2S/c1-14-8-10-17(11-9-14)20(26-16(3)29)12-22(30)28-24-27-21(13-31-24)23-15(2)25-19-7-5-4-6-18(19)23/h4-11,13,20,25H,12H2,1-3H3,(H,26,29)(H,27,28,30). The lowest BCUT2D eigenvalue weighted by atomic mass is 10.0. The van der Waals surface area contributed by atoms with Crippen LogP contribution in [0.2, 0.25) is 0 Å². The predicted molar refractivity (Wildman–Crippen MR) is 125 cm³/mol. The second-order valence-corrected chi connectivity index (χ2v) is 8.48. The molecule has 158 valence electrons. The number of aromatic amines is 1. The van der Waals surface area contributed by atoms with Crippen molar-refractivity contribution >= 4 is 39.2 Å². The Morgan fingerprint density at radius 3 is 2.58 bits per heavy atom. The number of fused-ring (bicyclic) bond motifs is 1. The van der Waals surface area contributed by atoms with Gasteiger partial charge in [0.25, 0.3) is 0 Å². The molecule has 0 bridgehead atoms. The molecule has 0 aliphatic heterocycles. The molecule has 2 heterocycles. The van der Waals surface area contributed by atoms with Crippen LogP contribution in [0.1, 0.15) is 36.2 Å². The average Bonchev–Trinajstić information content (AvgIpc) is 3.30. The van der Waals surface area contributed by atoms with Crippen LogP contribution in [0.3, 0.4) is 0 Å². The fourth-order valence-corrected chi connectivity index (χ4v) is 4.42. The Morgan fingerprint density at radius 2 is 1.84 bits per heavy atom. The maximum atomic E-state index is 12.7. The molecular formula is C24H24N4O2S. The highest BCUT2D eigenvalue weighted by molar-refractivity contribution is 7.14. The average molecular weight is 433 g/mol. The van der Waals surface area contributed by atoms with Crippen molar-refractivity contribution in [1.82, 2.24) is 15.3 Å². The summed E-state index contributed by atoms with van der Waals surface area (Å²) in [5.41, 5.74) is 5.98. The smallest absolute Gasteiger partial charge is 0.228 e. The summed E-state index contributed by atoms with van der Waals surface area (Å²) in [6.45, 7) is 5.47. The molecule has 0 fully saturated rings. The number of H-pyrrole nitrogens is 1. The topological polar surface area (TPSA) is 86.9 Å². The van der Waals surface area contributed by atoms with Gasteiger partial charge in [-0.1, -0.05) is 48.0 Å². The summed E-state index contributed by atoms with van der Waals surface area (Å²) in [7, 11) is 0. The molecule has 0 aliphatic rings. The van der Waals surface area contributed by atoms with E-state index in [1.165, 1.54) is 18.3 Å². The first-order valence-electron chi connectivity index (χ1n) is 10.1. The van der Waals surface area contributed by atoms with E-state index in [1.807, 2.05) is 61.7 Å². The molecule has 2 aromatic heterocycles. The summed E-state index contributed by atoms with van der Waals surface area (Å²) < 4.78 is 0. The minimum Gasteiger partial charge on any atom is -0.358 e. The normalized spacial score (nSPS) is 12.0. The lowest BCUT2D eigenvalue weighted by molar-refractivity contribution is -0.120. The van der Waals surface area contributed by atoms with Crippen molar-refractivity contribution in [3.8, 4) is 11.3 Å². The van der Waals surface area contributed by atoms with Gasteiger partial charge >= 0.3 is 0 Å². The van der Waals surface area contributed by atoms with Crippen LogP contribution in [0.15, 0.2) is 53.9 Å². The maximum absolute atomic E-state index is 12.7. The number of aryl methyl sites for hydroxylation is 2. The van der Waals surface area contributed by atoms with Gasteiger partial charge in [-0.2, -0.15) is 0 Å². The van der Waals surface area contributed by atoms with Crippen molar-refractivity contribution in [2.45, 2.75) is 33.2 Å². The van der Waals surface area contributed by atoms with Crippen molar-refractivity contribution in [2.75, 3.05) is 5.32 Å². The number of hydrogen-bond donors (Lipinski definition) is 3. The van der Waals surface area contributed by atoms with E-state index >= 15 is 0 Å². The van der Waals surface area contributed by atoms with Gasteiger partial charge in [-0.05, 0) is 25.5 Å². The van der Waals surface area contributed by atoms with Crippen LogP contribution >= 0.6 is 11.3 Å². The third kappa shape index (κ3) is 4.67. The molecule has 0 aliphatic carbocycles. The molecular weight excluding hydrogens is 408 g/mol. The van der Waals surface area contributed by atoms with Gasteiger partial charge in [0.2, 0.25) is 11.8 Å². The zero-order valence-corrected chi connectivity index (χ0v) is 18.5. The molecule has 1 atom stereocenters. The number of nitrogens with one attached hydrogen (secondary N) is 3. The number of carbonyl (C=O) groups is 2. The van der Waals surface area contributed by atoms with Crippen molar-refractivity contribution in [3.05, 3.63) is 70.7 Å². The fraction of sp³-hybridized carbons (Fsp3) is 0.208. The van der Waals surface area contributed by atoms with Crippen molar-refractivity contribution in [1.29, 1.82) is 0 Å². The van der Waals surface area contributed by atoms with E-state index in [1.54, 1.807) is 0 Å². The van der Waals surface area contributed by atoms with Gasteiger partial charge in [-0.25, -0.2) is 4.98 Å². The largest absolute Gasteiger partial charge is 0.358 e. The van der Waals surface area contributed by atoms with E-state index in [2.05, 4.69) is 26.7 Å². The van der Waals surface area contributed by atoms with Gasteiger partial charge in [-0.3, -0.25) is 9.59 Å². The molecule has 2 aromatic carbocycles. The summed E-state index contributed by atoms with van der Waals surface area (Å²) in [6, 6.07) is 15.5. The van der Waals surface area contributed by atoms with Crippen molar-refractivity contribution in [2.24, 2.45) is 0 Å². The minimum atomic E-state index is -0.395. The number of aromatic nitrogens is 2. The van der Waals surface area contributed by atoms with Gasteiger partial charge in [0, 0.05) is 34.5 Å². The predicted octanol–water partition coefficient (Wildman–Crippen LogP) is 5.11. The molecule has 4 rings (SSSR count). The number of nitrogens with zero attached hydrogens (tertiary/aromatic N) is 1. The summed E-state index contributed by atoms with van der Waals surface area (Å²) >= 11 is 1.39. The Bertz CT molecular complexity index is 1240. The molecule has 2 amide bonds. The number of para-hydroxylation sites is 1. The second-order valence-electron chi connectivity index (χ2n) is 7.62. The van der Waals surface area contributed by atoms with E-state index in [4.69, 9.17) is 0 Å². The van der Waals surface area contributed by atoms with Crippen molar-refractivity contribution < 1.29 is 9.59 Å². The van der Waals surface area contributed by atoms with Crippen LogP contribution in [0.5, 0.6) is 0 Å². The zero-order valence-electron chi connectivity index (χ0n) is 17.7. The summed E-state index contributed by atoms with van der Waals surface area (Å²) in [6.07, 6.45) is 0.129. The molecule has 0 saturated heterocycles. The van der Waals surface area contributed by atoms with Gasteiger partial charge in [-0.15, -0.1) is 11.3 Å². The summed E-state index contributed by atoms with van der Waals surface area (Å²) in [5, 5.41) is 9.34. The quantitative estimate of drug-likeness (QED) is 0.395. The SMILES string of the molecule is CC(=O)NC(CC(=O)Nc1nc(-c2c(C)[nH]c3ccccc23)cs1)c1ccc(C)cc1. The van der Waals surface area contributed by atoms with E-state index in [-0.39, 0.29) is 18.2 Å². The highest BCUT2D eigenvalue weighted by Gasteiger charge is 2.19. The number of amides is 2. The Labute approximate surface area is 184 Å². The number of anilines is 1. The number of carbonyl (C=O) groups excluding carboxylic acids is 2. The molecule has 31 heavy (non-hydrogen) atoms. The number of rotatable bonds is 6. The lowest BCUT2D eigenvalue weighted by Gasteiger charge is -2.18. The molecule has 0 spiro atoms. The number of benzene rings is 2. The zero-order chi connectivity index (χ0) is 22.0. The molecule has 0 saturated carbocycles. The first-order chi connectivity index (χ1) is 14.9. The van der Waals surface area contributed by atoms with Crippen molar-refractivity contribution in [3.63, 3.8) is 0 Å².